The second kappa shape index (κ2) is 8.32. The molecule has 1 N–H and O–H groups in total. The molecule has 0 bridgehead atoms. The number of carbonyl (C=O) groups is 2. The lowest BCUT2D eigenvalue weighted by atomic mass is 9.77. The number of carbonyl (C=O) groups excluding carboxylic acids is 2. The van der Waals surface area contributed by atoms with Gasteiger partial charge in [0.25, 0.3) is 5.91 Å². The number of benzene rings is 1. The zero-order valence-electron chi connectivity index (χ0n) is 19.9. The van der Waals surface area contributed by atoms with E-state index in [9.17, 15) is 9.59 Å². The van der Waals surface area contributed by atoms with Crippen LogP contribution in [0.1, 0.15) is 61.6 Å². The summed E-state index contributed by atoms with van der Waals surface area (Å²) < 4.78 is 3.14. The molecule has 2 amide bonds. The third kappa shape index (κ3) is 3.68. The first-order valence-electron chi connectivity index (χ1n) is 12.0. The molecule has 0 radical (unpaired) electrons. The topological polar surface area (TPSA) is 54.3 Å². The number of amides is 2. The van der Waals surface area contributed by atoms with E-state index >= 15 is 0 Å². The number of thiophene rings is 1. The van der Waals surface area contributed by atoms with Crippen LogP contribution >= 0.6 is 11.3 Å². The average molecular weight is 464 g/mol. The first kappa shape index (κ1) is 22.2. The molecule has 3 aromatic rings. The van der Waals surface area contributed by atoms with Crippen LogP contribution in [0.15, 0.2) is 41.8 Å². The molecule has 4 atom stereocenters. The van der Waals surface area contributed by atoms with Crippen LogP contribution < -0.4 is 5.32 Å². The molecule has 0 saturated heterocycles. The van der Waals surface area contributed by atoms with Crippen molar-refractivity contribution in [2.24, 2.45) is 11.8 Å². The van der Waals surface area contributed by atoms with Crippen LogP contribution in [0.25, 0.3) is 10.2 Å². The summed E-state index contributed by atoms with van der Waals surface area (Å²) in [5.41, 5.74) is 2.95. The van der Waals surface area contributed by atoms with Crippen molar-refractivity contribution in [3.8, 4) is 0 Å². The van der Waals surface area contributed by atoms with E-state index in [0.717, 1.165) is 34.2 Å². The molecule has 1 aliphatic heterocycles. The molecule has 0 spiro atoms. The Kier molecular flexibility index (Phi) is 5.60. The minimum Gasteiger partial charge on any atom is -0.351 e. The van der Waals surface area contributed by atoms with Crippen molar-refractivity contribution in [3.05, 3.63) is 58.6 Å². The molecule has 1 saturated carbocycles. The Morgan fingerprint density at radius 3 is 2.79 bits per heavy atom. The maximum Gasteiger partial charge on any atom is 0.271 e. The quantitative estimate of drug-likeness (QED) is 0.566. The van der Waals surface area contributed by atoms with Gasteiger partial charge in [-0.25, -0.2) is 0 Å². The van der Waals surface area contributed by atoms with Crippen LogP contribution in [0, 0.1) is 18.8 Å². The Morgan fingerprint density at radius 2 is 2.00 bits per heavy atom. The maximum atomic E-state index is 14.0. The second-order valence-corrected chi connectivity index (χ2v) is 11.2. The van der Waals surface area contributed by atoms with Crippen molar-refractivity contribution in [2.45, 2.75) is 71.6 Å². The molecule has 5 nitrogen and oxygen atoms in total. The van der Waals surface area contributed by atoms with Crippen molar-refractivity contribution in [3.63, 3.8) is 0 Å². The molecule has 1 aliphatic carbocycles. The van der Waals surface area contributed by atoms with Crippen molar-refractivity contribution < 1.29 is 9.59 Å². The highest BCUT2D eigenvalue weighted by Crippen LogP contribution is 2.36. The van der Waals surface area contributed by atoms with Gasteiger partial charge in [-0.1, -0.05) is 51.0 Å². The van der Waals surface area contributed by atoms with Crippen molar-refractivity contribution in [1.29, 1.82) is 0 Å². The average Bonchev–Trinajstić information content (AvgIpc) is 3.38. The highest BCUT2D eigenvalue weighted by atomic mass is 32.1. The van der Waals surface area contributed by atoms with Crippen LogP contribution in [0.2, 0.25) is 0 Å². The van der Waals surface area contributed by atoms with Crippen LogP contribution in [0.3, 0.4) is 0 Å². The minimum atomic E-state index is -0.972. The summed E-state index contributed by atoms with van der Waals surface area (Å²) in [6.07, 6.45) is 3.35. The van der Waals surface area contributed by atoms with E-state index in [1.807, 2.05) is 30.5 Å². The smallest absolute Gasteiger partial charge is 0.271 e. The molecule has 1 aromatic carbocycles. The molecule has 6 heteroatoms. The molecular formula is C27H33N3O2S. The third-order valence-electron chi connectivity index (χ3n) is 8.15. The van der Waals surface area contributed by atoms with E-state index in [-0.39, 0.29) is 17.9 Å². The van der Waals surface area contributed by atoms with Gasteiger partial charge in [0.15, 0.2) is 0 Å². The van der Waals surface area contributed by atoms with Gasteiger partial charge in [0.05, 0.1) is 16.8 Å². The molecular weight excluding hydrogens is 430 g/mol. The summed E-state index contributed by atoms with van der Waals surface area (Å²) in [5, 5.41) is 5.43. The lowest BCUT2D eigenvalue weighted by molar-refractivity contribution is -0.134. The Balaban J connectivity index is 1.54. The zero-order valence-corrected chi connectivity index (χ0v) is 20.7. The van der Waals surface area contributed by atoms with Crippen LogP contribution in [0.5, 0.6) is 0 Å². The summed E-state index contributed by atoms with van der Waals surface area (Å²) in [4.78, 5) is 29.6. The molecule has 174 valence electrons. The van der Waals surface area contributed by atoms with Crippen LogP contribution in [-0.2, 0) is 17.9 Å². The summed E-state index contributed by atoms with van der Waals surface area (Å²) in [6, 6.07) is 12.3. The van der Waals surface area contributed by atoms with E-state index < -0.39 is 5.54 Å². The van der Waals surface area contributed by atoms with Crippen molar-refractivity contribution in [1.82, 2.24) is 14.8 Å². The molecule has 33 heavy (non-hydrogen) atoms. The lowest BCUT2D eigenvalue weighted by Crippen LogP contribution is -2.65. The standard InChI is InChI=1S/C27H33N3O2S/c1-17-9-7-11-21(19(17)3)28-26(32)27(4)16-29-22-12-13-33-24(22)14-23(29)25(31)30(27)15-20-10-6-5-8-18(20)2/h5-6,8,10,12-14,17,19,21H,7,9,11,15-16H2,1-4H3,(H,28,32)/t17-,19-,21+,27+/m0/s1. The second-order valence-electron chi connectivity index (χ2n) is 10.2. The van der Waals surface area contributed by atoms with E-state index in [1.54, 1.807) is 16.2 Å². The molecule has 0 unspecified atom stereocenters. The number of aryl methyl sites for hydroxylation is 1. The first-order valence-corrected chi connectivity index (χ1v) is 12.9. The predicted octanol–water partition coefficient (Wildman–Crippen LogP) is 5.37. The SMILES string of the molecule is Cc1ccccc1CN1C(=O)c2cc3sccc3n2C[C@]1(C)C(=O)N[C@@H]1CCC[C@H](C)[C@@H]1C. The zero-order chi connectivity index (χ0) is 23.3. The number of aromatic nitrogens is 1. The monoisotopic (exact) mass is 463 g/mol. The van der Waals surface area contributed by atoms with E-state index in [4.69, 9.17) is 0 Å². The van der Waals surface area contributed by atoms with Gasteiger partial charge in [0.2, 0.25) is 5.91 Å². The highest BCUT2D eigenvalue weighted by molar-refractivity contribution is 7.17. The summed E-state index contributed by atoms with van der Waals surface area (Å²) >= 11 is 1.64. The molecule has 2 aromatic heterocycles. The molecule has 1 fully saturated rings. The lowest BCUT2D eigenvalue weighted by Gasteiger charge is -2.46. The number of hydrogen-bond donors (Lipinski definition) is 1. The number of nitrogens with one attached hydrogen (secondary N) is 1. The van der Waals surface area contributed by atoms with Crippen molar-refractivity contribution in [2.75, 3.05) is 0 Å². The summed E-state index contributed by atoms with van der Waals surface area (Å²) in [6.45, 7) is 9.40. The molecule has 5 rings (SSSR count). The van der Waals surface area contributed by atoms with Gasteiger partial charge in [0, 0.05) is 12.6 Å². The van der Waals surface area contributed by atoms with Gasteiger partial charge < -0.3 is 14.8 Å². The number of hydrogen-bond acceptors (Lipinski definition) is 3. The molecule has 3 heterocycles. The highest BCUT2D eigenvalue weighted by Gasteiger charge is 2.48. The van der Waals surface area contributed by atoms with Gasteiger partial charge in [-0.05, 0) is 60.7 Å². The van der Waals surface area contributed by atoms with E-state index in [1.165, 1.54) is 6.42 Å². The number of nitrogens with zero attached hydrogens (tertiary/aromatic N) is 2. The van der Waals surface area contributed by atoms with Crippen LogP contribution in [0.4, 0.5) is 0 Å². The fourth-order valence-corrected chi connectivity index (χ4v) is 6.41. The Labute approximate surface area is 199 Å². The maximum absolute atomic E-state index is 14.0. The Hall–Kier alpha value is -2.60. The minimum absolute atomic E-state index is 0.0434. The third-order valence-corrected chi connectivity index (χ3v) is 9.00. The molecule has 2 aliphatic rings. The summed E-state index contributed by atoms with van der Waals surface area (Å²) in [5.74, 6) is 0.907. The fourth-order valence-electron chi connectivity index (χ4n) is 5.59. The number of fused-ring (bicyclic) bond motifs is 3. The van der Waals surface area contributed by atoms with Gasteiger partial charge in [-0.3, -0.25) is 9.59 Å². The van der Waals surface area contributed by atoms with E-state index in [0.29, 0.717) is 30.6 Å². The Bertz CT molecular complexity index is 1210. The van der Waals surface area contributed by atoms with Crippen molar-refractivity contribution >= 4 is 33.4 Å². The van der Waals surface area contributed by atoms with Gasteiger partial charge >= 0.3 is 0 Å². The van der Waals surface area contributed by atoms with Gasteiger partial charge in [-0.2, -0.15) is 0 Å². The largest absolute Gasteiger partial charge is 0.351 e. The van der Waals surface area contributed by atoms with E-state index in [2.05, 4.69) is 48.9 Å². The number of rotatable bonds is 4. The van der Waals surface area contributed by atoms with Crippen LogP contribution in [-0.4, -0.2) is 32.9 Å². The van der Waals surface area contributed by atoms with Gasteiger partial charge in [0.1, 0.15) is 11.2 Å². The Morgan fingerprint density at radius 1 is 1.21 bits per heavy atom. The predicted molar refractivity (Wildman–Crippen MR) is 133 cm³/mol. The summed E-state index contributed by atoms with van der Waals surface area (Å²) in [7, 11) is 0. The first-order chi connectivity index (χ1) is 15.8. The fraction of sp³-hybridized carbons (Fsp3) is 0.481. The van der Waals surface area contributed by atoms with Gasteiger partial charge in [-0.15, -0.1) is 11.3 Å². The normalized spacial score (nSPS) is 27.6.